The summed E-state index contributed by atoms with van der Waals surface area (Å²) in [4.78, 5) is 16.7. The third-order valence-electron chi connectivity index (χ3n) is 4.73. The molecule has 7 nitrogen and oxygen atoms in total. The molecule has 0 N–H and O–H groups in total. The van der Waals surface area contributed by atoms with Gasteiger partial charge in [0.25, 0.3) is 0 Å². The van der Waals surface area contributed by atoms with E-state index in [9.17, 15) is 18.5 Å². The van der Waals surface area contributed by atoms with E-state index in [4.69, 9.17) is 0 Å². The van der Waals surface area contributed by atoms with E-state index in [-0.39, 0.29) is 23.7 Å². The highest BCUT2D eigenvalue weighted by Gasteiger charge is 2.27. The minimum absolute atomic E-state index is 0.217. The van der Waals surface area contributed by atoms with E-state index in [0.29, 0.717) is 26.2 Å². The van der Waals surface area contributed by atoms with Crippen LogP contribution in [0.25, 0.3) is 0 Å². The lowest BCUT2D eigenvalue weighted by Crippen LogP contribution is -2.52. The molecule has 3 rings (SSSR count). The van der Waals surface area contributed by atoms with Gasteiger partial charge in [0.1, 0.15) is 12.6 Å². The summed E-state index contributed by atoms with van der Waals surface area (Å²) in [6.07, 6.45) is 1.04. The van der Waals surface area contributed by atoms with Crippen molar-refractivity contribution in [2.45, 2.75) is 0 Å². The summed E-state index contributed by atoms with van der Waals surface area (Å²) in [5.74, 6) is -0.272. The van der Waals surface area contributed by atoms with Crippen LogP contribution in [-0.4, -0.2) is 58.2 Å². The Balaban J connectivity index is 1.71. The summed E-state index contributed by atoms with van der Waals surface area (Å²) in [5, 5.41) is 9.28. The molecule has 0 aromatic heterocycles. The molecule has 0 bridgehead atoms. The van der Waals surface area contributed by atoms with Gasteiger partial charge in [0.2, 0.25) is 15.9 Å². The lowest BCUT2D eigenvalue weighted by Gasteiger charge is -2.37. The van der Waals surface area contributed by atoms with Gasteiger partial charge >= 0.3 is 0 Å². The molecule has 1 aliphatic rings. The zero-order valence-corrected chi connectivity index (χ0v) is 16.5. The van der Waals surface area contributed by atoms with Gasteiger partial charge in [-0.15, -0.1) is 0 Å². The van der Waals surface area contributed by atoms with Gasteiger partial charge in [-0.25, -0.2) is 8.42 Å². The van der Waals surface area contributed by atoms with Crippen LogP contribution in [0, 0.1) is 11.3 Å². The number of hydrogen-bond donors (Lipinski definition) is 0. The van der Waals surface area contributed by atoms with E-state index in [1.807, 2.05) is 36.4 Å². The number of sulfonamides is 1. The number of rotatable bonds is 5. The molecule has 146 valence electrons. The molecule has 1 saturated heterocycles. The summed E-state index contributed by atoms with van der Waals surface area (Å²) in [6.45, 7) is 2.09. The first-order valence-corrected chi connectivity index (χ1v) is 10.8. The lowest BCUT2D eigenvalue weighted by molar-refractivity contribution is -0.129. The average molecular weight is 398 g/mol. The van der Waals surface area contributed by atoms with Gasteiger partial charge < -0.3 is 9.80 Å². The maximum atomic E-state index is 12.8. The maximum absolute atomic E-state index is 12.8. The molecule has 0 atom stereocenters. The van der Waals surface area contributed by atoms with Crippen molar-refractivity contribution in [3.05, 3.63) is 60.2 Å². The van der Waals surface area contributed by atoms with Crippen LogP contribution >= 0.6 is 0 Å². The Kier molecular flexibility index (Phi) is 5.85. The van der Waals surface area contributed by atoms with Crippen molar-refractivity contribution < 1.29 is 13.2 Å². The number of piperazine rings is 1. The van der Waals surface area contributed by atoms with Crippen LogP contribution in [0.3, 0.4) is 0 Å². The number of para-hydroxylation sites is 2. The Labute approximate surface area is 165 Å². The van der Waals surface area contributed by atoms with Gasteiger partial charge in [-0.05, 0) is 24.3 Å². The highest BCUT2D eigenvalue weighted by atomic mass is 32.2. The lowest BCUT2D eigenvalue weighted by atomic mass is 10.2. The van der Waals surface area contributed by atoms with Crippen LogP contribution in [-0.2, 0) is 14.8 Å². The normalized spacial score (nSPS) is 14.4. The Bertz CT molecular complexity index is 978. The summed E-state index contributed by atoms with van der Waals surface area (Å²) < 4.78 is 25.6. The average Bonchev–Trinajstić information content (AvgIpc) is 2.72. The Morgan fingerprint density at radius 1 is 1.04 bits per heavy atom. The topological polar surface area (TPSA) is 84.7 Å². The van der Waals surface area contributed by atoms with E-state index in [1.54, 1.807) is 23.1 Å². The second-order valence-corrected chi connectivity index (χ2v) is 8.51. The van der Waals surface area contributed by atoms with Gasteiger partial charge in [-0.3, -0.25) is 9.10 Å². The molecular formula is C20H22N4O3S. The quantitative estimate of drug-likeness (QED) is 0.765. The van der Waals surface area contributed by atoms with Crippen molar-refractivity contribution in [1.29, 1.82) is 5.26 Å². The first kappa shape index (κ1) is 19.7. The molecule has 2 aromatic carbocycles. The van der Waals surface area contributed by atoms with Crippen molar-refractivity contribution in [3.63, 3.8) is 0 Å². The van der Waals surface area contributed by atoms with Crippen LogP contribution in [0.2, 0.25) is 0 Å². The molecule has 1 aliphatic heterocycles. The molecule has 0 unspecified atom stereocenters. The second-order valence-electron chi connectivity index (χ2n) is 6.60. The molecule has 0 radical (unpaired) electrons. The van der Waals surface area contributed by atoms with E-state index in [0.717, 1.165) is 16.2 Å². The highest BCUT2D eigenvalue weighted by Crippen LogP contribution is 2.23. The number of carbonyl (C=O) groups is 1. The molecule has 0 aliphatic carbocycles. The first-order chi connectivity index (χ1) is 13.4. The first-order valence-electron chi connectivity index (χ1n) is 8.95. The van der Waals surface area contributed by atoms with Gasteiger partial charge in [-0.1, -0.05) is 30.3 Å². The van der Waals surface area contributed by atoms with Crippen LogP contribution in [0.5, 0.6) is 0 Å². The smallest absolute Gasteiger partial charge is 0.243 e. The van der Waals surface area contributed by atoms with Crippen molar-refractivity contribution >= 4 is 27.3 Å². The zero-order valence-electron chi connectivity index (χ0n) is 15.7. The molecule has 0 spiro atoms. The SMILES string of the molecule is CS(=O)(=O)N(CC(=O)N1CCN(c2ccccc2)CC1)c1ccccc1C#N. The van der Waals surface area contributed by atoms with Crippen molar-refractivity contribution in [1.82, 2.24) is 4.90 Å². The van der Waals surface area contributed by atoms with Gasteiger partial charge in [0, 0.05) is 31.9 Å². The summed E-state index contributed by atoms with van der Waals surface area (Å²) in [5.41, 5.74) is 1.55. The standard InChI is InChI=1S/C20H22N4O3S/c1-28(26,27)24(19-10-6-5-7-17(19)15-21)16-20(25)23-13-11-22(12-14-23)18-8-3-2-4-9-18/h2-10H,11-14,16H2,1H3. The minimum atomic E-state index is -3.71. The Morgan fingerprint density at radius 2 is 1.64 bits per heavy atom. The van der Waals surface area contributed by atoms with Crippen LogP contribution in [0.4, 0.5) is 11.4 Å². The largest absolute Gasteiger partial charge is 0.368 e. The van der Waals surface area contributed by atoms with Gasteiger partial charge in [0.15, 0.2) is 0 Å². The maximum Gasteiger partial charge on any atom is 0.243 e. The molecule has 0 saturated carbocycles. The molecule has 1 heterocycles. The molecule has 2 aromatic rings. The number of amides is 1. The second kappa shape index (κ2) is 8.31. The summed E-state index contributed by atoms with van der Waals surface area (Å²) >= 11 is 0. The molecular weight excluding hydrogens is 376 g/mol. The van der Waals surface area contributed by atoms with Crippen molar-refractivity contribution in [2.75, 3.05) is 48.2 Å². The molecule has 8 heteroatoms. The predicted molar refractivity (Wildman–Crippen MR) is 109 cm³/mol. The number of carbonyl (C=O) groups excluding carboxylic acids is 1. The van der Waals surface area contributed by atoms with Gasteiger partial charge in [-0.2, -0.15) is 5.26 Å². The van der Waals surface area contributed by atoms with Crippen molar-refractivity contribution in [2.24, 2.45) is 0 Å². The number of anilines is 2. The highest BCUT2D eigenvalue weighted by molar-refractivity contribution is 7.92. The minimum Gasteiger partial charge on any atom is -0.368 e. The molecule has 1 amide bonds. The Hall–Kier alpha value is -3.05. The van der Waals surface area contributed by atoms with Crippen LogP contribution in [0.15, 0.2) is 54.6 Å². The monoisotopic (exact) mass is 398 g/mol. The van der Waals surface area contributed by atoms with E-state index >= 15 is 0 Å². The predicted octanol–water partition coefficient (Wildman–Crippen LogP) is 1.67. The van der Waals surface area contributed by atoms with E-state index in [1.165, 1.54) is 6.07 Å². The van der Waals surface area contributed by atoms with Crippen molar-refractivity contribution in [3.8, 4) is 6.07 Å². The molecule has 28 heavy (non-hydrogen) atoms. The third kappa shape index (κ3) is 4.43. The summed E-state index contributed by atoms with van der Waals surface area (Å²) in [7, 11) is -3.71. The van der Waals surface area contributed by atoms with E-state index < -0.39 is 10.0 Å². The van der Waals surface area contributed by atoms with Gasteiger partial charge in [0.05, 0.1) is 17.5 Å². The number of hydrogen-bond acceptors (Lipinski definition) is 5. The number of nitrogens with zero attached hydrogens (tertiary/aromatic N) is 4. The third-order valence-corrected chi connectivity index (χ3v) is 5.85. The Morgan fingerprint density at radius 3 is 2.25 bits per heavy atom. The zero-order chi connectivity index (χ0) is 20.1. The fourth-order valence-corrected chi connectivity index (χ4v) is 4.10. The number of nitriles is 1. The van der Waals surface area contributed by atoms with Crippen LogP contribution in [0.1, 0.15) is 5.56 Å². The van der Waals surface area contributed by atoms with E-state index in [2.05, 4.69) is 4.90 Å². The summed E-state index contributed by atoms with van der Waals surface area (Å²) in [6, 6.07) is 18.3. The van der Waals surface area contributed by atoms with Crippen LogP contribution < -0.4 is 9.21 Å². The fourth-order valence-electron chi connectivity index (χ4n) is 3.24. The fraction of sp³-hybridized carbons (Fsp3) is 0.300. The molecule has 1 fully saturated rings. The number of benzene rings is 2.